The lowest BCUT2D eigenvalue weighted by atomic mass is 10.3. The minimum atomic E-state index is 0.0519. The quantitative estimate of drug-likeness (QED) is 0.644. The Hall–Kier alpha value is -2.77. The van der Waals surface area contributed by atoms with Crippen LogP contribution in [0.5, 0.6) is 0 Å². The van der Waals surface area contributed by atoms with Gasteiger partial charge in [0.15, 0.2) is 5.96 Å². The van der Waals surface area contributed by atoms with E-state index in [1.165, 1.54) is 0 Å². The first-order chi connectivity index (χ1) is 11.6. The fraction of sp³-hybridized carbons (Fsp3) is 0.438. The molecule has 1 aliphatic heterocycles. The lowest BCUT2D eigenvalue weighted by molar-refractivity contribution is -0.120. The minimum Gasteiger partial charge on any atom is -0.353 e. The van der Waals surface area contributed by atoms with Crippen LogP contribution in [0.4, 0.5) is 5.69 Å². The zero-order chi connectivity index (χ0) is 17.1. The lowest BCUT2D eigenvalue weighted by Crippen LogP contribution is -2.55. The molecule has 0 unspecified atom stereocenters. The molecule has 2 aromatic heterocycles. The smallest absolute Gasteiger partial charge is 0.246 e. The molecule has 1 N–H and O–H groups in total. The van der Waals surface area contributed by atoms with E-state index >= 15 is 0 Å². The first-order valence-electron chi connectivity index (χ1n) is 7.93. The molecule has 0 aliphatic carbocycles. The average Bonchev–Trinajstić information content (AvgIpc) is 3.17. The lowest BCUT2D eigenvalue weighted by Gasteiger charge is -2.35. The van der Waals surface area contributed by atoms with E-state index in [0.29, 0.717) is 19.6 Å². The number of rotatable bonds is 3. The molecule has 3 rings (SSSR count). The molecule has 128 valence electrons. The van der Waals surface area contributed by atoms with Gasteiger partial charge in [0.2, 0.25) is 5.91 Å². The number of hydrogen-bond acceptors (Lipinski definition) is 3. The van der Waals surface area contributed by atoms with Crippen molar-refractivity contribution in [2.45, 2.75) is 6.54 Å². The van der Waals surface area contributed by atoms with E-state index in [1.807, 2.05) is 37.5 Å². The predicted octanol–water partition coefficient (Wildman–Crippen LogP) is 0.183. The van der Waals surface area contributed by atoms with Crippen molar-refractivity contribution in [3.05, 3.63) is 36.4 Å². The molecule has 0 atom stereocenters. The van der Waals surface area contributed by atoms with Gasteiger partial charge in [-0.05, 0) is 12.1 Å². The predicted molar refractivity (Wildman–Crippen MR) is 92.7 cm³/mol. The van der Waals surface area contributed by atoms with E-state index in [4.69, 9.17) is 0 Å². The van der Waals surface area contributed by atoms with E-state index in [9.17, 15) is 4.79 Å². The van der Waals surface area contributed by atoms with Crippen molar-refractivity contribution in [1.29, 1.82) is 0 Å². The number of carbonyl (C=O) groups excluding carboxylic acids is 1. The monoisotopic (exact) mass is 329 g/mol. The van der Waals surface area contributed by atoms with Crippen LogP contribution < -0.4 is 10.2 Å². The Balaban J connectivity index is 1.61. The molecule has 0 saturated carbocycles. The molecular formula is C16H23N7O. The summed E-state index contributed by atoms with van der Waals surface area (Å²) < 4.78 is 3.76. The topological polar surface area (TPSA) is 70.7 Å². The largest absolute Gasteiger partial charge is 0.353 e. The molecule has 1 amide bonds. The van der Waals surface area contributed by atoms with E-state index in [0.717, 1.165) is 23.9 Å². The number of nitrogens with one attached hydrogen (secondary N) is 1. The third kappa shape index (κ3) is 3.27. The molecule has 0 spiro atoms. The molecule has 24 heavy (non-hydrogen) atoms. The second-order valence-corrected chi connectivity index (χ2v) is 5.85. The SMILES string of the molecule is CN=C(NCc1cccn1C)N1CCN(c2cnn(C)c2)C(=O)C1. The second-order valence-electron chi connectivity index (χ2n) is 5.85. The van der Waals surface area contributed by atoms with Gasteiger partial charge in [-0.1, -0.05) is 0 Å². The summed E-state index contributed by atoms with van der Waals surface area (Å²) in [5.41, 5.74) is 2.00. The van der Waals surface area contributed by atoms with Crippen LogP contribution in [-0.4, -0.2) is 57.8 Å². The second kappa shape index (κ2) is 6.77. The van der Waals surface area contributed by atoms with Crippen molar-refractivity contribution in [2.24, 2.45) is 19.1 Å². The Morgan fingerprint density at radius 1 is 1.38 bits per heavy atom. The number of aryl methyl sites for hydroxylation is 2. The number of amides is 1. The summed E-state index contributed by atoms with van der Waals surface area (Å²) in [5, 5.41) is 7.46. The number of hydrogen-bond donors (Lipinski definition) is 1. The number of aliphatic imine (C=N–C) groups is 1. The van der Waals surface area contributed by atoms with Gasteiger partial charge >= 0.3 is 0 Å². The van der Waals surface area contributed by atoms with Crippen LogP contribution >= 0.6 is 0 Å². The maximum absolute atomic E-state index is 12.5. The number of anilines is 1. The van der Waals surface area contributed by atoms with Crippen LogP contribution in [-0.2, 0) is 25.4 Å². The van der Waals surface area contributed by atoms with Crippen LogP contribution in [0, 0.1) is 0 Å². The van der Waals surface area contributed by atoms with Crippen molar-refractivity contribution in [3.63, 3.8) is 0 Å². The molecule has 0 radical (unpaired) electrons. The summed E-state index contributed by atoms with van der Waals surface area (Å²) >= 11 is 0. The summed E-state index contributed by atoms with van der Waals surface area (Å²) in [6, 6.07) is 4.07. The van der Waals surface area contributed by atoms with Gasteiger partial charge in [0.05, 0.1) is 18.4 Å². The highest BCUT2D eigenvalue weighted by Gasteiger charge is 2.27. The molecule has 8 heteroatoms. The van der Waals surface area contributed by atoms with Crippen LogP contribution in [0.1, 0.15) is 5.69 Å². The third-order valence-corrected chi connectivity index (χ3v) is 4.21. The molecule has 1 saturated heterocycles. The van der Waals surface area contributed by atoms with Gasteiger partial charge in [-0.15, -0.1) is 0 Å². The molecule has 1 fully saturated rings. The number of piperazine rings is 1. The Morgan fingerprint density at radius 3 is 2.79 bits per heavy atom. The third-order valence-electron chi connectivity index (χ3n) is 4.21. The van der Waals surface area contributed by atoms with Crippen LogP contribution in [0.15, 0.2) is 35.7 Å². The first kappa shape index (κ1) is 16.1. The van der Waals surface area contributed by atoms with Gasteiger partial charge in [-0.3, -0.25) is 14.5 Å². The van der Waals surface area contributed by atoms with Crippen molar-refractivity contribution >= 4 is 17.6 Å². The van der Waals surface area contributed by atoms with Gasteiger partial charge < -0.3 is 19.7 Å². The van der Waals surface area contributed by atoms with Gasteiger partial charge in [-0.2, -0.15) is 5.10 Å². The van der Waals surface area contributed by atoms with E-state index in [2.05, 4.69) is 26.0 Å². The summed E-state index contributed by atoms with van der Waals surface area (Å²) in [6.45, 7) is 2.33. The zero-order valence-corrected chi connectivity index (χ0v) is 14.3. The van der Waals surface area contributed by atoms with Gasteiger partial charge in [-0.25, -0.2) is 0 Å². The van der Waals surface area contributed by atoms with Gasteiger partial charge in [0.25, 0.3) is 0 Å². The standard InChI is InChI=1S/C16H23N7O/c1-17-16(18-9-13-5-4-6-20(13)2)22-7-8-23(15(24)12-22)14-10-19-21(3)11-14/h4-6,10-11H,7-9,12H2,1-3H3,(H,17,18). The van der Waals surface area contributed by atoms with Crippen LogP contribution in [0.3, 0.4) is 0 Å². The van der Waals surface area contributed by atoms with Crippen molar-refractivity contribution in [1.82, 2.24) is 24.6 Å². The molecule has 0 bridgehead atoms. The molecule has 3 heterocycles. The highest BCUT2D eigenvalue weighted by molar-refractivity contribution is 5.98. The van der Waals surface area contributed by atoms with E-state index < -0.39 is 0 Å². The summed E-state index contributed by atoms with van der Waals surface area (Å²) in [4.78, 5) is 20.6. The maximum atomic E-state index is 12.5. The fourth-order valence-corrected chi connectivity index (χ4v) is 2.86. The van der Waals surface area contributed by atoms with Crippen LogP contribution in [0.25, 0.3) is 0 Å². The normalized spacial score (nSPS) is 16.0. The van der Waals surface area contributed by atoms with Crippen molar-refractivity contribution < 1.29 is 4.79 Å². The molecule has 8 nitrogen and oxygen atoms in total. The average molecular weight is 329 g/mol. The van der Waals surface area contributed by atoms with E-state index in [1.54, 1.807) is 22.8 Å². The zero-order valence-electron chi connectivity index (χ0n) is 14.3. The number of guanidine groups is 1. The molecule has 1 aliphatic rings. The Bertz CT molecular complexity index is 745. The minimum absolute atomic E-state index is 0.0519. The summed E-state index contributed by atoms with van der Waals surface area (Å²) in [7, 11) is 5.60. The number of aromatic nitrogens is 3. The van der Waals surface area contributed by atoms with Crippen molar-refractivity contribution in [2.75, 3.05) is 31.6 Å². The maximum Gasteiger partial charge on any atom is 0.246 e. The number of nitrogens with zero attached hydrogens (tertiary/aromatic N) is 6. The summed E-state index contributed by atoms with van der Waals surface area (Å²) in [5.74, 6) is 0.798. The van der Waals surface area contributed by atoms with Crippen LogP contribution in [0.2, 0.25) is 0 Å². The Morgan fingerprint density at radius 2 is 2.21 bits per heavy atom. The summed E-state index contributed by atoms with van der Waals surface area (Å²) in [6.07, 6.45) is 5.59. The Kier molecular flexibility index (Phi) is 4.54. The highest BCUT2D eigenvalue weighted by atomic mass is 16.2. The molecular weight excluding hydrogens is 306 g/mol. The fourth-order valence-electron chi connectivity index (χ4n) is 2.86. The first-order valence-corrected chi connectivity index (χ1v) is 7.93. The highest BCUT2D eigenvalue weighted by Crippen LogP contribution is 2.16. The van der Waals surface area contributed by atoms with Gasteiger partial charge in [0.1, 0.15) is 6.54 Å². The Labute approximate surface area is 141 Å². The van der Waals surface area contributed by atoms with E-state index in [-0.39, 0.29) is 5.91 Å². The van der Waals surface area contributed by atoms with Crippen molar-refractivity contribution in [3.8, 4) is 0 Å². The number of carbonyl (C=O) groups is 1. The molecule has 0 aromatic carbocycles. The van der Waals surface area contributed by atoms with Gasteiger partial charge in [0, 0.05) is 52.3 Å². The molecule has 2 aromatic rings.